The van der Waals surface area contributed by atoms with Gasteiger partial charge in [0.2, 0.25) is 0 Å². The number of amides is 2. The molecule has 0 saturated carbocycles. The number of aryl methyl sites for hydroxylation is 1. The summed E-state index contributed by atoms with van der Waals surface area (Å²) in [6.45, 7) is 1.06. The first-order valence-corrected chi connectivity index (χ1v) is 15.3. The maximum Gasteiger partial charge on any atom is 0.264 e. The molecule has 44 heavy (non-hydrogen) atoms. The zero-order chi connectivity index (χ0) is 31.7. The molecule has 0 aliphatic heterocycles. The number of nitrogens with zero attached hydrogens (tertiary/aromatic N) is 2. The largest absolute Gasteiger partial charge is 0.495 e. The van der Waals surface area contributed by atoms with Gasteiger partial charge in [-0.2, -0.15) is 5.10 Å². The smallest absolute Gasteiger partial charge is 0.264 e. The van der Waals surface area contributed by atoms with Crippen molar-refractivity contribution < 1.29 is 27.5 Å². The van der Waals surface area contributed by atoms with E-state index in [2.05, 4.69) is 15.8 Å². The molecule has 228 valence electrons. The molecule has 0 aliphatic carbocycles. The minimum absolute atomic E-state index is 0.00981. The lowest BCUT2D eigenvalue weighted by molar-refractivity contribution is -0.119. The maximum atomic E-state index is 13.6. The summed E-state index contributed by atoms with van der Waals surface area (Å²) in [6.07, 6.45) is 1.39. The summed E-state index contributed by atoms with van der Waals surface area (Å²) in [7, 11) is -2.70. The lowest BCUT2D eigenvalue weighted by Gasteiger charge is -2.24. The molecule has 4 rings (SSSR count). The lowest BCUT2D eigenvalue weighted by atomic mass is 10.2. The quantitative estimate of drug-likeness (QED) is 0.150. The number of anilines is 2. The average Bonchev–Trinajstić information content (AvgIpc) is 2.99. The third-order valence-corrected chi connectivity index (χ3v) is 8.40. The van der Waals surface area contributed by atoms with Crippen LogP contribution in [0.2, 0.25) is 10.0 Å². The van der Waals surface area contributed by atoms with Gasteiger partial charge in [0.15, 0.2) is 6.61 Å². The number of hydrogen-bond donors (Lipinski definition) is 2. The van der Waals surface area contributed by atoms with Crippen LogP contribution in [0.15, 0.2) is 101 Å². The van der Waals surface area contributed by atoms with Crippen LogP contribution < -0.4 is 24.5 Å². The molecule has 13 heteroatoms. The highest BCUT2D eigenvalue weighted by Gasteiger charge is 2.28. The van der Waals surface area contributed by atoms with Gasteiger partial charge in [-0.05, 0) is 85.3 Å². The Morgan fingerprint density at radius 1 is 0.932 bits per heavy atom. The topological polar surface area (TPSA) is 126 Å². The predicted octanol–water partition coefficient (Wildman–Crippen LogP) is 5.67. The Morgan fingerprint density at radius 3 is 2.32 bits per heavy atom. The van der Waals surface area contributed by atoms with Gasteiger partial charge in [0.25, 0.3) is 21.8 Å². The fraction of sp³-hybridized carbons (Fsp3) is 0.129. The van der Waals surface area contributed by atoms with Crippen molar-refractivity contribution in [3.63, 3.8) is 0 Å². The Morgan fingerprint density at radius 2 is 1.66 bits per heavy atom. The summed E-state index contributed by atoms with van der Waals surface area (Å²) in [4.78, 5) is 25.0. The molecule has 0 spiro atoms. The minimum atomic E-state index is -4.14. The van der Waals surface area contributed by atoms with Gasteiger partial charge in [0, 0.05) is 10.7 Å². The SMILES string of the molecule is COc1ccc(N(CC(=O)N/N=C\c2ccc(OCC(=O)Nc3cccc(Cl)c3)cc2)S(=O)(=O)c2ccc(C)cc2)cc1Cl. The molecule has 0 aliphatic rings. The van der Waals surface area contributed by atoms with E-state index in [1.54, 1.807) is 60.7 Å². The molecule has 2 amide bonds. The van der Waals surface area contributed by atoms with Crippen LogP contribution in [-0.2, 0) is 19.6 Å². The summed E-state index contributed by atoms with van der Waals surface area (Å²) in [5.41, 5.74) is 4.59. The van der Waals surface area contributed by atoms with Crippen LogP contribution >= 0.6 is 23.2 Å². The van der Waals surface area contributed by atoms with Crippen LogP contribution in [0, 0.1) is 6.92 Å². The van der Waals surface area contributed by atoms with Crippen molar-refractivity contribution in [1.29, 1.82) is 0 Å². The molecule has 0 unspecified atom stereocenters. The zero-order valence-corrected chi connectivity index (χ0v) is 26.0. The Labute approximate surface area is 265 Å². The molecule has 0 atom stereocenters. The molecule has 4 aromatic rings. The van der Waals surface area contributed by atoms with Gasteiger partial charge in [-0.25, -0.2) is 13.8 Å². The molecule has 10 nitrogen and oxygen atoms in total. The van der Waals surface area contributed by atoms with Gasteiger partial charge < -0.3 is 14.8 Å². The molecular weight excluding hydrogens is 627 g/mol. The molecule has 0 bridgehead atoms. The number of carbonyl (C=O) groups excluding carboxylic acids is 2. The van der Waals surface area contributed by atoms with E-state index in [1.807, 2.05) is 6.92 Å². The van der Waals surface area contributed by atoms with Crippen molar-refractivity contribution in [2.45, 2.75) is 11.8 Å². The lowest BCUT2D eigenvalue weighted by Crippen LogP contribution is -2.39. The fourth-order valence-electron chi connectivity index (χ4n) is 3.87. The highest BCUT2D eigenvalue weighted by Crippen LogP contribution is 2.32. The first-order valence-electron chi connectivity index (χ1n) is 13.1. The molecule has 0 saturated heterocycles. The van der Waals surface area contributed by atoms with Crippen LogP contribution in [0.4, 0.5) is 11.4 Å². The number of sulfonamides is 1. The second-order valence-corrected chi connectivity index (χ2v) is 12.1. The van der Waals surface area contributed by atoms with Gasteiger partial charge in [-0.15, -0.1) is 0 Å². The van der Waals surface area contributed by atoms with Crippen molar-refractivity contribution in [2.24, 2.45) is 5.10 Å². The number of hydrazone groups is 1. The highest BCUT2D eigenvalue weighted by atomic mass is 35.5. The fourth-order valence-corrected chi connectivity index (χ4v) is 5.72. The van der Waals surface area contributed by atoms with Crippen molar-refractivity contribution in [2.75, 3.05) is 29.9 Å². The van der Waals surface area contributed by atoms with Gasteiger partial charge >= 0.3 is 0 Å². The number of ether oxygens (including phenoxy) is 2. The minimum Gasteiger partial charge on any atom is -0.495 e. The molecule has 0 heterocycles. The van der Waals surface area contributed by atoms with Gasteiger partial charge in [-0.1, -0.05) is 47.0 Å². The van der Waals surface area contributed by atoms with Crippen molar-refractivity contribution in [3.05, 3.63) is 112 Å². The monoisotopic (exact) mass is 654 g/mol. The van der Waals surface area contributed by atoms with Crippen LogP contribution in [0.1, 0.15) is 11.1 Å². The molecule has 0 fully saturated rings. The Hall–Kier alpha value is -4.58. The molecule has 0 aromatic heterocycles. The molecule has 4 aromatic carbocycles. The first-order chi connectivity index (χ1) is 21.0. The van der Waals surface area contributed by atoms with Crippen LogP contribution in [0.25, 0.3) is 0 Å². The van der Waals surface area contributed by atoms with E-state index in [4.69, 9.17) is 32.7 Å². The normalized spacial score (nSPS) is 11.2. The first kappa shape index (κ1) is 32.3. The summed E-state index contributed by atoms with van der Waals surface area (Å²) >= 11 is 12.2. The van der Waals surface area contributed by atoms with E-state index in [1.165, 1.54) is 43.7 Å². The molecular formula is C31H28Cl2N4O6S. The van der Waals surface area contributed by atoms with E-state index < -0.39 is 22.5 Å². The number of nitrogens with one attached hydrogen (secondary N) is 2. The number of rotatable bonds is 12. The standard InChI is InChI=1S/C31H28Cl2N4O6S/c1-21-6-13-27(14-7-21)44(40,41)37(25-10-15-29(42-2)28(33)17-25)19-30(38)36-34-18-22-8-11-26(12-9-22)43-20-31(39)35-24-5-3-4-23(32)16-24/h3-18H,19-20H2,1-2H3,(H,35,39)(H,36,38)/b34-18-. The summed E-state index contributed by atoms with van der Waals surface area (Å²) in [5.74, 6) is -0.234. The molecule has 2 N–H and O–H groups in total. The second kappa shape index (κ2) is 14.7. The molecule has 0 radical (unpaired) electrons. The highest BCUT2D eigenvalue weighted by molar-refractivity contribution is 7.92. The van der Waals surface area contributed by atoms with Gasteiger partial charge in [0.1, 0.15) is 18.0 Å². The maximum absolute atomic E-state index is 13.6. The Balaban J connectivity index is 1.38. The second-order valence-electron chi connectivity index (χ2n) is 9.35. The third kappa shape index (κ3) is 8.73. The van der Waals surface area contributed by atoms with E-state index >= 15 is 0 Å². The summed E-state index contributed by atoms with van der Waals surface area (Å²) in [5, 5.41) is 7.33. The van der Waals surface area contributed by atoms with E-state index in [9.17, 15) is 18.0 Å². The number of hydrogen-bond acceptors (Lipinski definition) is 7. The number of methoxy groups -OCH3 is 1. The van der Waals surface area contributed by atoms with Gasteiger partial charge in [0.05, 0.1) is 28.9 Å². The predicted molar refractivity (Wildman–Crippen MR) is 171 cm³/mol. The zero-order valence-electron chi connectivity index (χ0n) is 23.7. The summed E-state index contributed by atoms with van der Waals surface area (Å²) < 4.78 is 38.8. The summed E-state index contributed by atoms with van der Waals surface area (Å²) in [6, 6.07) is 24.1. The van der Waals surface area contributed by atoms with E-state index in [0.29, 0.717) is 27.8 Å². The Bertz CT molecular complexity index is 1770. The van der Waals surface area contributed by atoms with E-state index in [0.717, 1.165) is 9.87 Å². The number of benzene rings is 4. The van der Waals surface area contributed by atoms with Crippen LogP contribution in [0.5, 0.6) is 11.5 Å². The number of halogens is 2. The van der Waals surface area contributed by atoms with Crippen molar-refractivity contribution >= 4 is 62.6 Å². The van der Waals surface area contributed by atoms with Crippen molar-refractivity contribution in [1.82, 2.24) is 5.43 Å². The number of carbonyl (C=O) groups is 2. The average molecular weight is 656 g/mol. The Kier molecular flexibility index (Phi) is 10.8. The van der Waals surface area contributed by atoms with Crippen LogP contribution in [0.3, 0.4) is 0 Å². The van der Waals surface area contributed by atoms with Gasteiger partial charge in [-0.3, -0.25) is 13.9 Å². The third-order valence-electron chi connectivity index (χ3n) is 6.08. The van der Waals surface area contributed by atoms with E-state index in [-0.39, 0.29) is 28.1 Å². The van der Waals surface area contributed by atoms with Crippen molar-refractivity contribution in [3.8, 4) is 11.5 Å². The van der Waals surface area contributed by atoms with Crippen LogP contribution in [-0.4, -0.2) is 46.7 Å².